The number of rotatable bonds is 3. The van der Waals surface area contributed by atoms with E-state index < -0.39 is 0 Å². The van der Waals surface area contributed by atoms with Crippen LogP contribution in [0.15, 0.2) is 0 Å². The summed E-state index contributed by atoms with van der Waals surface area (Å²) in [4.78, 5) is 10.8. The first-order valence-corrected chi connectivity index (χ1v) is 5.15. The van der Waals surface area contributed by atoms with Crippen molar-refractivity contribution in [3.8, 4) is 0 Å². The SMILES string of the molecule is CCC(C)(C)OC(=O)C[SiH3]. The van der Waals surface area contributed by atoms with Crippen molar-refractivity contribution in [2.24, 2.45) is 0 Å². The fourth-order valence-electron chi connectivity index (χ4n) is 0.453. The van der Waals surface area contributed by atoms with Crippen LogP contribution in [0.3, 0.4) is 0 Å². The van der Waals surface area contributed by atoms with Gasteiger partial charge in [0.05, 0.1) is 0 Å². The third kappa shape index (κ3) is 3.66. The van der Waals surface area contributed by atoms with Gasteiger partial charge in [0.25, 0.3) is 0 Å². The van der Waals surface area contributed by atoms with Gasteiger partial charge in [-0.15, -0.1) is 0 Å². The van der Waals surface area contributed by atoms with Crippen LogP contribution in [0.5, 0.6) is 0 Å². The zero-order valence-corrected chi connectivity index (χ0v) is 9.23. The summed E-state index contributed by atoms with van der Waals surface area (Å²) in [6.45, 7) is 5.88. The number of carbonyl (C=O) groups excluding carboxylic acids is 1. The highest BCUT2D eigenvalue weighted by atomic mass is 28.1. The zero-order chi connectivity index (χ0) is 8.20. The summed E-state index contributed by atoms with van der Waals surface area (Å²) in [7, 11) is 0.894. The topological polar surface area (TPSA) is 26.3 Å². The van der Waals surface area contributed by atoms with Crippen LogP contribution in [0.4, 0.5) is 0 Å². The van der Waals surface area contributed by atoms with Crippen LogP contribution in [0, 0.1) is 0 Å². The molecule has 0 unspecified atom stereocenters. The molecule has 0 spiro atoms. The van der Waals surface area contributed by atoms with Gasteiger partial charge in [-0.25, -0.2) is 0 Å². The van der Waals surface area contributed by atoms with Gasteiger partial charge in [-0.1, -0.05) is 6.92 Å². The predicted molar refractivity (Wildman–Crippen MR) is 45.2 cm³/mol. The standard InChI is InChI=1S/C7H16O2Si/c1-4-7(2,3)9-6(8)5-10/h4-5H2,1-3,10H3. The first-order chi connectivity index (χ1) is 4.52. The van der Waals surface area contributed by atoms with Gasteiger partial charge in [-0.2, -0.15) is 0 Å². The van der Waals surface area contributed by atoms with E-state index in [-0.39, 0.29) is 11.6 Å². The van der Waals surface area contributed by atoms with Crippen LogP contribution < -0.4 is 0 Å². The summed E-state index contributed by atoms with van der Waals surface area (Å²) in [5.41, 5.74) is -0.262. The second-order valence-electron chi connectivity index (χ2n) is 2.94. The first kappa shape index (κ1) is 9.69. The molecule has 2 nitrogen and oxygen atoms in total. The van der Waals surface area contributed by atoms with E-state index in [1.807, 2.05) is 20.8 Å². The fraction of sp³-hybridized carbons (Fsp3) is 0.857. The van der Waals surface area contributed by atoms with Crippen LogP contribution in [0.2, 0.25) is 6.04 Å². The van der Waals surface area contributed by atoms with E-state index in [1.165, 1.54) is 0 Å². The van der Waals surface area contributed by atoms with E-state index in [2.05, 4.69) is 0 Å². The van der Waals surface area contributed by atoms with Gasteiger partial charge < -0.3 is 4.74 Å². The van der Waals surface area contributed by atoms with Crippen molar-refractivity contribution in [3.63, 3.8) is 0 Å². The lowest BCUT2D eigenvalue weighted by Gasteiger charge is -2.22. The van der Waals surface area contributed by atoms with Gasteiger partial charge in [0.2, 0.25) is 0 Å². The molecule has 60 valence electrons. The fourth-order valence-corrected chi connectivity index (χ4v) is 0.597. The highest BCUT2D eigenvalue weighted by Gasteiger charge is 2.18. The summed E-state index contributed by atoms with van der Waals surface area (Å²) >= 11 is 0. The van der Waals surface area contributed by atoms with Crippen LogP contribution >= 0.6 is 0 Å². The molecule has 0 saturated carbocycles. The Hall–Kier alpha value is -0.313. The van der Waals surface area contributed by atoms with Crippen molar-refractivity contribution < 1.29 is 9.53 Å². The van der Waals surface area contributed by atoms with Crippen molar-refractivity contribution >= 4 is 16.2 Å². The summed E-state index contributed by atoms with van der Waals surface area (Å²) in [6, 6.07) is 0.601. The molecule has 0 saturated heterocycles. The molecule has 0 aliphatic rings. The Morgan fingerprint density at radius 3 is 2.40 bits per heavy atom. The van der Waals surface area contributed by atoms with Crippen molar-refractivity contribution in [1.82, 2.24) is 0 Å². The Morgan fingerprint density at radius 1 is 1.60 bits per heavy atom. The molecule has 3 heteroatoms. The van der Waals surface area contributed by atoms with E-state index in [0.29, 0.717) is 6.04 Å². The largest absolute Gasteiger partial charge is 0.460 e. The van der Waals surface area contributed by atoms with Crippen LogP contribution in [0.1, 0.15) is 27.2 Å². The minimum atomic E-state index is -0.262. The maximum absolute atomic E-state index is 10.8. The second kappa shape index (κ2) is 3.76. The number of hydrogen-bond donors (Lipinski definition) is 0. The minimum absolute atomic E-state index is 0.0569. The molecule has 0 heterocycles. The maximum atomic E-state index is 10.8. The predicted octanol–water partition coefficient (Wildman–Crippen LogP) is 0.502. The quantitative estimate of drug-likeness (QED) is 0.444. The molecule has 0 atom stereocenters. The smallest absolute Gasteiger partial charge is 0.302 e. The highest BCUT2D eigenvalue weighted by Crippen LogP contribution is 2.13. The lowest BCUT2D eigenvalue weighted by molar-refractivity contribution is -0.153. The minimum Gasteiger partial charge on any atom is -0.460 e. The highest BCUT2D eigenvalue weighted by molar-refractivity contribution is 6.18. The Balaban J connectivity index is 3.76. The van der Waals surface area contributed by atoms with Gasteiger partial charge in [0.1, 0.15) is 5.60 Å². The molecule has 0 rings (SSSR count). The number of ether oxygens (including phenoxy) is 1. The van der Waals surface area contributed by atoms with E-state index in [0.717, 1.165) is 16.7 Å². The first-order valence-electron chi connectivity index (χ1n) is 3.73. The van der Waals surface area contributed by atoms with Crippen molar-refractivity contribution in [3.05, 3.63) is 0 Å². The molecule has 0 aliphatic carbocycles. The molecular weight excluding hydrogens is 144 g/mol. The van der Waals surface area contributed by atoms with Crippen LogP contribution in [0.25, 0.3) is 0 Å². The molecule has 10 heavy (non-hydrogen) atoms. The normalized spacial score (nSPS) is 11.5. The van der Waals surface area contributed by atoms with Gasteiger partial charge >= 0.3 is 5.97 Å². The lowest BCUT2D eigenvalue weighted by atomic mass is 10.1. The number of hydrogen-bond acceptors (Lipinski definition) is 2. The van der Waals surface area contributed by atoms with E-state index in [1.54, 1.807) is 0 Å². The summed E-state index contributed by atoms with van der Waals surface area (Å²) in [5, 5.41) is 0. The maximum Gasteiger partial charge on any atom is 0.302 e. The second-order valence-corrected chi connectivity index (χ2v) is 3.65. The molecule has 0 bridgehead atoms. The van der Waals surface area contributed by atoms with Gasteiger partial charge in [-0.05, 0) is 20.3 Å². The van der Waals surface area contributed by atoms with Gasteiger partial charge in [0.15, 0.2) is 0 Å². The molecule has 0 radical (unpaired) electrons. The molecule has 0 fully saturated rings. The average molecular weight is 160 g/mol. The van der Waals surface area contributed by atoms with Crippen LogP contribution in [-0.4, -0.2) is 21.8 Å². The molecular formula is C7H16O2Si. The van der Waals surface area contributed by atoms with E-state index >= 15 is 0 Å². The monoisotopic (exact) mass is 160 g/mol. The Kier molecular flexibility index (Phi) is 3.64. The lowest BCUT2D eigenvalue weighted by Crippen LogP contribution is -2.26. The molecule has 0 aliphatic heterocycles. The van der Waals surface area contributed by atoms with Crippen molar-refractivity contribution in [1.29, 1.82) is 0 Å². The number of carbonyl (C=O) groups is 1. The van der Waals surface area contributed by atoms with Crippen molar-refractivity contribution in [2.75, 3.05) is 0 Å². The third-order valence-corrected chi connectivity index (χ3v) is 2.11. The van der Waals surface area contributed by atoms with Crippen LogP contribution in [-0.2, 0) is 9.53 Å². The third-order valence-electron chi connectivity index (χ3n) is 1.53. The Morgan fingerprint density at radius 2 is 2.10 bits per heavy atom. The molecule has 0 amide bonds. The zero-order valence-electron chi connectivity index (χ0n) is 7.23. The van der Waals surface area contributed by atoms with E-state index in [4.69, 9.17) is 4.74 Å². The van der Waals surface area contributed by atoms with Gasteiger partial charge in [0, 0.05) is 16.3 Å². The van der Waals surface area contributed by atoms with Crippen molar-refractivity contribution in [2.45, 2.75) is 38.8 Å². The summed E-state index contributed by atoms with van der Waals surface area (Å²) in [5.74, 6) is -0.0569. The number of esters is 1. The molecule has 0 aromatic carbocycles. The van der Waals surface area contributed by atoms with Gasteiger partial charge in [-0.3, -0.25) is 4.79 Å². The van der Waals surface area contributed by atoms with E-state index in [9.17, 15) is 4.79 Å². The molecule has 0 aromatic rings. The average Bonchev–Trinajstić information content (AvgIpc) is 1.87. The summed E-state index contributed by atoms with van der Waals surface area (Å²) < 4.78 is 5.13. The Bertz CT molecular complexity index is 121. The molecule has 0 N–H and O–H groups in total. The Labute approximate surface area is 65.4 Å². The summed E-state index contributed by atoms with van der Waals surface area (Å²) in [6.07, 6.45) is 0.875. The molecule has 0 aromatic heterocycles.